The molecule has 0 radical (unpaired) electrons. The molecule has 1 fully saturated rings. The van der Waals surface area contributed by atoms with Crippen molar-refractivity contribution in [3.63, 3.8) is 0 Å². The normalized spacial score (nSPS) is 23.7. The molecular weight excluding hydrogens is 443 g/mol. The summed E-state index contributed by atoms with van der Waals surface area (Å²) in [6.07, 6.45) is 7.22. The second kappa shape index (κ2) is 10.6. The molecule has 0 spiro atoms. The lowest BCUT2D eigenvalue weighted by Gasteiger charge is -2.29. The molecular formula is C19H31IN4S. The second-order valence-corrected chi connectivity index (χ2v) is 7.94. The van der Waals surface area contributed by atoms with Crippen LogP contribution in [-0.2, 0) is 13.0 Å². The summed E-state index contributed by atoms with van der Waals surface area (Å²) in [6, 6.07) is 9.40. The van der Waals surface area contributed by atoms with Crippen LogP contribution in [-0.4, -0.2) is 55.1 Å². The first-order valence-corrected chi connectivity index (χ1v) is 10.4. The Morgan fingerprint density at radius 3 is 2.80 bits per heavy atom. The van der Waals surface area contributed by atoms with E-state index >= 15 is 0 Å². The van der Waals surface area contributed by atoms with Crippen molar-refractivity contribution in [2.75, 3.05) is 32.9 Å². The van der Waals surface area contributed by atoms with Crippen LogP contribution >= 0.6 is 35.7 Å². The van der Waals surface area contributed by atoms with Crippen molar-refractivity contribution in [1.29, 1.82) is 0 Å². The van der Waals surface area contributed by atoms with Crippen LogP contribution in [0, 0.1) is 0 Å². The Labute approximate surface area is 173 Å². The highest BCUT2D eigenvalue weighted by atomic mass is 127. The summed E-state index contributed by atoms with van der Waals surface area (Å²) >= 11 is 1.99. The minimum absolute atomic E-state index is 0. The fourth-order valence-corrected chi connectivity index (χ4v) is 4.55. The smallest absolute Gasteiger partial charge is 0.191 e. The highest BCUT2D eigenvalue weighted by Crippen LogP contribution is 2.28. The first-order chi connectivity index (χ1) is 11.8. The van der Waals surface area contributed by atoms with Crippen LogP contribution in [0.5, 0.6) is 0 Å². The number of hydrogen-bond acceptors (Lipinski definition) is 3. The molecule has 3 rings (SSSR count). The quantitative estimate of drug-likeness (QED) is 0.391. The summed E-state index contributed by atoms with van der Waals surface area (Å²) in [5.41, 5.74) is 3.00. The predicted molar refractivity (Wildman–Crippen MR) is 120 cm³/mol. The average Bonchev–Trinajstić information content (AvgIpc) is 3.08. The monoisotopic (exact) mass is 474 g/mol. The maximum absolute atomic E-state index is 4.39. The van der Waals surface area contributed by atoms with Gasteiger partial charge in [0.05, 0.1) is 0 Å². The summed E-state index contributed by atoms with van der Waals surface area (Å²) < 4.78 is 0. The average molecular weight is 474 g/mol. The van der Waals surface area contributed by atoms with Crippen LogP contribution in [0.3, 0.4) is 0 Å². The summed E-state index contributed by atoms with van der Waals surface area (Å²) in [5, 5.41) is 7.90. The van der Waals surface area contributed by atoms with Crippen LogP contribution in [0.1, 0.15) is 30.4 Å². The summed E-state index contributed by atoms with van der Waals surface area (Å²) in [7, 11) is 1.87. The summed E-state index contributed by atoms with van der Waals surface area (Å²) in [6.45, 7) is 4.23. The molecule has 1 heterocycles. The fourth-order valence-electron chi connectivity index (χ4n) is 3.75. The number of thioether (sulfide) groups is 1. The van der Waals surface area contributed by atoms with Crippen LogP contribution in [0.15, 0.2) is 29.3 Å². The lowest BCUT2D eigenvalue weighted by molar-refractivity contribution is 0.258. The predicted octanol–water partition coefficient (Wildman–Crippen LogP) is 3.11. The molecule has 2 atom stereocenters. The first kappa shape index (κ1) is 20.8. The van der Waals surface area contributed by atoms with E-state index in [2.05, 4.69) is 51.0 Å². The van der Waals surface area contributed by atoms with Crippen LogP contribution in [0.4, 0.5) is 0 Å². The van der Waals surface area contributed by atoms with E-state index in [4.69, 9.17) is 0 Å². The van der Waals surface area contributed by atoms with Gasteiger partial charge in [-0.15, -0.1) is 24.0 Å². The van der Waals surface area contributed by atoms with Crippen molar-refractivity contribution in [2.45, 2.75) is 43.5 Å². The molecule has 6 heteroatoms. The molecule has 0 amide bonds. The molecule has 1 aromatic rings. The third-order valence-electron chi connectivity index (χ3n) is 5.21. The molecule has 0 aromatic heterocycles. The number of nitrogens with zero attached hydrogens (tertiary/aromatic N) is 2. The molecule has 0 bridgehead atoms. The Hall–Kier alpha value is -0.470. The number of hydrogen-bond donors (Lipinski definition) is 2. The number of aliphatic imine (C=N–C) groups is 1. The molecule has 2 unspecified atom stereocenters. The number of nitrogens with one attached hydrogen (secondary N) is 2. The SMILES string of the molecule is CN=C(NCCN1CCc2ccccc2C1)NC1CCC(SC)C1.I. The number of halogens is 1. The zero-order valence-electron chi connectivity index (χ0n) is 15.3. The van der Waals surface area contributed by atoms with Crippen molar-refractivity contribution < 1.29 is 0 Å². The Kier molecular flexibility index (Phi) is 8.85. The molecule has 2 aliphatic rings. The lowest BCUT2D eigenvalue weighted by Crippen LogP contribution is -2.45. The van der Waals surface area contributed by atoms with Crippen LogP contribution < -0.4 is 10.6 Å². The van der Waals surface area contributed by atoms with Crippen molar-refractivity contribution >= 4 is 41.7 Å². The van der Waals surface area contributed by atoms with Crippen LogP contribution in [0.2, 0.25) is 0 Å². The summed E-state index contributed by atoms with van der Waals surface area (Å²) in [5.74, 6) is 0.958. The summed E-state index contributed by atoms with van der Waals surface area (Å²) in [4.78, 5) is 6.92. The van der Waals surface area contributed by atoms with Gasteiger partial charge in [-0.1, -0.05) is 24.3 Å². The van der Waals surface area contributed by atoms with E-state index < -0.39 is 0 Å². The van der Waals surface area contributed by atoms with Gasteiger partial charge in [-0.25, -0.2) is 0 Å². The lowest BCUT2D eigenvalue weighted by atomic mass is 10.00. The zero-order chi connectivity index (χ0) is 16.8. The van der Waals surface area contributed by atoms with E-state index in [1.54, 1.807) is 0 Å². The number of guanidine groups is 1. The zero-order valence-corrected chi connectivity index (χ0v) is 18.5. The van der Waals surface area contributed by atoms with Gasteiger partial charge in [0.25, 0.3) is 0 Å². The Balaban J connectivity index is 0.00000225. The highest BCUT2D eigenvalue weighted by molar-refractivity contribution is 14.0. The van der Waals surface area contributed by atoms with Crippen molar-refractivity contribution in [2.24, 2.45) is 4.99 Å². The van der Waals surface area contributed by atoms with Gasteiger partial charge in [0.15, 0.2) is 5.96 Å². The van der Waals surface area contributed by atoms with Crippen LogP contribution in [0.25, 0.3) is 0 Å². The minimum Gasteiger partial charge on any atom is -0.355 e. The van der Waals surface area contributed by atoms with Crippen molar-refractivity contribution in [3.05, 3.63) is 35.4 Å². The Bertz CT molecular complexity index is 566. The Morgan fingerprint density at radius 2 is 2.08 bits per heavy atom. The standard InChI is InChI=1S/C19H30N4S.HI/c1-20-19(22-17-7-8-18(13-17)24-2)21-10-12-23-11-9-15-5-3-4-6-16(15)14-23;/h3-6,17-18H,7-14H2,1-2H3,(H2,20,21,22);1H. The van der Waals surface area contributed by atoms with E-state index in [-0.39, 0.29) is 24.0 Å². The number of rotatable bonds is 5. The third-order valence-corrected chi connectivity index (χ3v) is 6.31. The van der Waals surface area contributed by atoms with Gasteiger partial charge in [-0.3, -0.25) is 9.89 Å². The van der Waals surface area contributed by atoms with Gasteiger partial charge < -0.3 is 10.6 Å². The van der Waals surface area contributed by atoms with Gasteiger partial charge >= 0.3 is 0 Å². The molecule has 25 heavy (non-hydrogen) atoms. The van der Waals surface area contributed by atoms with Gasteiger partial charge in [0.2, 0.25) is 0 Å². The molecule has 1 aliphatic heterocycles. The number of benzene rings is 1. The molecule has 1 saturated carbocycles. The van der Waals surface area contributed by atoms with Crippen molar-refractivity contribution in [1.82, 2.24) is 15.5 Å². The minimum atomic E-state index is 0. The molecule has 0 saturated heterocycles. The highest BCUT2D eigenvalue weighted by Gasteiger charge is 2.24. The van der Waals surface area contributed by atoms with E-state index in [1.165, 1.54) is 36.8 Å². The van der Waals surface area contributed by atoms with Crippen molar-refractivity contribution in [3.8, 4) is 0 Å². The van der Waals surface area contributed by atoms with E-state index in [1.807, 2.05) is 18.8 Å². The largest absolute Gasteiger partial charge is 0.355 e. The second-order valence-electron chi connectivity index (χ2n) is 6.81. The topological polar surface area (TPSA) is 39.7 Å². The maximum Gasteiger partial charge on any atom is 0.191 e. The first-order valence-electron chi connectivity index (χ1n) is 9.07. The van der Waals surface area contributed by atoms with Gasteiger partial charge in [-0.05, 0) is 43.1 Å². The molecule has 140 valence electrons. The molecule has 1 aromatic carbocycles. The third kappa shape index (κ3) is 6.03. The molecule has 1 aliphatic carbocycles. The molecule has 2 N–H and O–H groups in total. The maximum atomic E-state index is 4.39. The molecule has 4 nitrogen and oxygen atoms in total. The van der Waals surface area contributed by atoms with E-state index in [9.17, 15) is 0 Å². The van der Waals surface area contributed by atoms with E-state index in [0.717, 1.165) is 37.4 Å². The van der Waals surface area contributed by atoms with E-state index in [0.29, 0.717) is 6.04 Å². The number of fused-ring (bicyclic) bond motifs is 1. The van der Waals surface area contributed by atoms with Gasteiger partial charge in [-0.2, -0.15) is 11.8 Å². The van der Waals surface area contributed by atoms with Gasteiger partial charge in [0.1, 0.15) is 0 Å². The fraction of sp³-hybridized carbons (Fsp3) is 0.632. The van der Waals surface area contributed by atoms with Gasteiger partial charge in [0, 0.05) is 44.5 Å². The Morgan fingerprint density at radius 1 is 1.28 bits per heavy atom.